The molecule has 0 bridgehead atoms. The number of nitrogens with two attached hydrogens (primary N) is 1. The van der Waals surface area contributed by atoms with Crippen LogP contribution in [-0.4, -0.2) is 32.5 Å². The van der Waals surface area contributed by atoms with Crippen molar-refractivity contribution >= 4 is 15.8 Å². The molecule has 0 aliphatic carbocycles. The van der Waals surface area contributed by atoms with Gasteiger partial charge in [0.05, 0.1) is 0 Å². The summed E-state index contributed by atoms with van der Waals surface area (Å²) in [6.07, 6.45) is 1.31. The highest BCUT2D eigenvalue weighted by molar-refractivity contribution is 7.89. The van der Waals surface area contributed by atoms with Crippen LogP contribution < -0.4 is 15.8 Å². The van der Waals surface area contributed by atoms with E-state index in [0.717, 1.165) is 0 Å². The van der Waals surface area contributed by atoms with Gasteiger partial charge in [-0.05, 0) is 33.0 Å². The summed E-state index contributed by atoms with van der Waals surface area (Å²) in [7, 11) is -2.07. The molecule has 4 N–H and O–H groups in total. The van der Waals surface area contributed by atoms with Crippen molar-refractivity contribution in [1.29, 1.82) is 0 Å². The van der Waals surface area contributed by atoms with E-state index in [0.29, 0.717) is 12.4 Å². The molecule has 0 saturated carbocycles. The van der Waals surface area contributed by atoms with Gasteiger partial charge in [0.2, 0.25) is 10.0 Å². The molecule has 1 heterocycles. The minimum Gasteiger partial charge on any atom is -0.364 e. The second-order valence-electron chi connectivity index (χ2n) is 4.30. The maximum Gasteiger partial charge on any atom is 0.241 e. The number of hydrogen-bond acceptors (Lipinski definition) is 5. The zero-order valence-electron chi connectivity index (χ0n) is 10.2. The van der Waals surface area contributed by atoms with Gasteiger partial charge in [-0.15, -0.1) is 0 Å². The average molecular weight is 258 g/mol. The lowest BCUT2D eigenvalue weighted by Crippen LogP contribution is -2.39. The van der Waals surface area contributed by atoms with Gasteiger partial charge in [-0.25, -0.2) is 18.1 Å². The van der Waals surface area contributed by atoms with Crippen LogP contribution in [0.2, 0.25) is 0 Å². The van der Waals surface area contributed by atoms with Gasteiger partial charge in [0.15, 0.2) is 0 Å². The Bertz CT molecular complexity index is 468. The van der Waals surface area contributed by atoms with Crippen molar-refractivity contribution in [3.8, 4) is 0 Å². The molecule has 0 atom stereocenters. The van der Waals surface area contributed by atoms with Crippen molar-refractivity contribution in [3.63, 3.8) is 0 Å². The van der Waals surface area contributed by atoms with Gasteiger partial charge < -0.3 is 11.1 Å². The van der Waals surface area contributed by atoms with Gasteiger partial charge in [-0.2, -0.15) is 0 Å². The van der Waals surface area contributed by atoms with E-state index in [1.54, 1.807) is 6.07 Å². The fourth-order valence-electron chi connectivity index (χ4n) is 1.13. The first-order valence-electron chi connectivity index (χ1n) is 5.18. The lowest BCUT2D eigenvalue weighted by Gasteiger charge is -2.24. The molecule has 0 aromatic carbocycles. The molecule has 0 aliphatic heterocycles. The molecule has 17 heavy (non-hydrogen) atoms. The summed E-state index contributed by atoms with van der Waals surface area (Å²) in [5.41, 5.74) is 5.30. The maximum absolute atomic E-state index is 11.5. The monoisotopic (exact) mass is 258 g/mol. The van der Waals surface area contributed by atoms with Crippen molar-refractivity contribution < 1.29 is 8.42 Å². The van der Waals surface area contributed by atoms with E-state index >= 15 is 0 Å². The molecule has 0 spiro atoms. The molecular formula is C10H18N4O2S. The molecule has 0 fully saturated rings. The Labute approximate surface area is 102 Å². The van der Waals surface area contributed by atoms with E-state index in [9.17, 15) is 8.42 Å². The fraction of sp³-hybridized carbons (Fsp3) is 0.500. The lowest BCUT2D eigenvalue weighted by molar-refractivity contribution is 0.577. The van der Waals surface area contributed by atoms with Crippen molar-refractivity contribution in [1.82, 2.24) is 9.71 Å². The molecule has 0 amide bonds. The fourth-order valence-corrected chi connectivity index (χ4v) is 1.80. The van der Waals surface area contributed by atoms with Gasteiger partial charge in [0, 0.05) is 18.3 Å². The molecule has 1 aromatic heterocycles. The van der Waals surface area contributed by atoms with Crippen LogP contribution in [0.15, 0.2) is 23.2 Å². The summed E-state index contributed by atoms with van der Waals surface area (Å²) in [6.45, 7) is 4.32. The number of nitrogens with one attached hydrogen (secondary N) is 2. The Morgan fingerprint density at radius 2 is 2.06 bits per heavy atom. The third-order valence-electron chi connectivity index (χ3n) is 2.29. The Morgan fingerprint density at radius 3 is 2.47 bits per heavy atom. The van der Waals surface area contributed by atoms with Crippen LogP contribution in [0.3, 0.4) is 0 Å². The summed E-state index contributed by atoms with van der Waals surface area (Å²) in [5, 5.41) is 3.11. The van der Waals surface area contributed by atoms with E-state index in [4.69, 9.17) is 5.73 Å². The predicted octanol–water partition coefficient (Wildman–Crippen LogP) is 0.139. The zero-order chi connectivity index (χ0) is 13.1. The normalized spacial score (nSPS) is 12.5. The number of hydrogen-bond donors (Lipinski definition) is 3. The first-order chi connectivity index (χ1) is 7.80. The van der Waals surface area contributed by atoms with Gasteiger partial charge in [-0.3, -0.25) is 0 Å². The minimum atomic E-state index is -3.43. The highest BCUT2D eigenvalue weighted by Gasteiger charge is 2.16. The molecule has 0 aliphatic rings. The van der Waals surface area contributed by atoms with Crippen molar-refractivity contribution in [2.75, 3.05) is 18.9 Å². The van der Waals surface area contributed by atoms with Crippen LogP contribution in [0.4, 0.5) is 5.82 Å². The van der Waals surface area contributed by atoms with Gasteiger partial charge in [0.1, 0.15) is 10.7 Å². The van der Waals surface area contributed by atoms with Crippen LogP contribution in [-0.2, 0) is 10.0 Å². The Morgan fingerprint density at radius 1 is 1.41 bits per heavy atom. The average Bonchev–Trinajstić information content (AvgIpc) is 2.29. The molecule has 96 valence electrons. The largest absolute Gasteiger partial charge is 0.364 e. The van der Waals surface area contributed by atoms with Crippen LogP contribution in [0.25, 0.3) is 0 Å². The first-order valence-corrected chi connectivity index (χ1v) is 6.67. The van der Waals surface area contributed by atoms with E-state index in [1.807, 2.05) is 13.8 Å². The first kappa shape index (κ1) is 13.9. The molecule has 7 heteroatoms. The number of aromatic nitrogens is 1. The van der Waals surface area contributed by atoms with Crippen LogP contribution in [0, 0.1) is 0 Å². The van der Waals surface area contributed by atoms with E-state index in [1.165, 1.54) is 19.3 Å². The highest BCUT2D eigenvalue weighted by Crippen LogP contribution is 2.14. The molecule has 1 aromatic rings. The Hall–Kier alpha value is -1.18. The van der Waals surface area contributed by atoms with Crippen LogP contribution in [0.1, 0.15) is 13.8 Å². The van der Waals surface area contributed by atoms with Crippen molar-refractivity contribution in [2.45, 2.75) is 24.3 Å². The molecule has 0 unspecified atom stereocenters. The molecular weight excluding hydrogens is 240 g/mol. The van der Waals surface area contributed by atoms with Gasteiger partial charge in [0.25, 0.3) is 0 Å². The van der Waals surface area contributed by atoms with Crippen LogP contribution >= 0.6 is 0 Å². The third kappa shape index (κ3) is 3.65. The number of pyridine rings is 1. The SMILES string of the molecule is CNS(=O)(=O)c1ccc(NC(C)(C)CN)nc1. The predicted molar refractivity (Wildman–Crippen MR) is 67.2 cm³/mol. The highest BCUT2D eigenvalue weighted by atomic mass is 32.2. The molecule has 0 saturated heterocycles. The quantitative estimate of drug-likeness (QED) is 0.698. The number of rotatable bonds is 5. The van der Waals surface area contributed by atoms with E-state index in [-0.39, 0.29) is 10.4 Å². The Balaban J connectivity index is 2.90. The molecule has 1 rings (SSSR count). The number of nitrogens with zero attached hydrogens (tertiary/aromatic N) is 1. The second kappa shape index (κ2) is 4.99. The van der Waals surface area contributed by atoms with Gasteiger partial charge in [-0.1, -0.05) is 0 Å². The standard InChI is InChI=1S/C10H18N4O2S/c1-10(2,7-11)14-9-5-4-8(6-13-9)17(15,16)12-3/h4-6,12H,7,11H2,1-3H3,(H,13,14). The summed E-state index contributed by atoms with van der Waals surface area (Å²) in [4.78, 5) is 4.18. The maximum atomic E-state index is 11.5. The summed E-state index contributed by atoms with van der Waals surface area (Å²) in [6, 6.07) is 3.11. The number of anilines is 1. The minimum absolute atomic E-state index is 0.135. The lowest BCUT2D eigenvalue weighted by atomic mass is 10.1. The van der Waals surface area contributed by atoms with Crippen molar-refractivity contribution in [3.05, 3.63) is 18.3 Å². The van der Waals surface area contributed by atoms with E-state index in [2.05, 4.69) is 15.0 Å². The van der Waals surface area contributed by atoms with Crippen molar-refractivity contribution in [2.24, 2.45) is 5.73 Å². The summed E-state index contributed by atoms with van der Waals surface area (Å²) >= 11 is 0. The van der Waals surface area contributed by atoms with E-state index < -0.39 is 10.0 Å². The van der Waals surface area contributed by atoms with Crippen LogP contribution in [0.5, 0.6) is 0 Å². The third-order valence-corrected chi connectivity index (χ3v) is 3.69. The zero-order valence-corrected chi connectivity index (χ0v) is 11.0. The summed E-state index contributed by atoms with van der Waals surface area (Å²) in [5.74, 6) is 0.593. The molecule has 0 radical (unpaired) electrons. The molecule has 6 nitrogen and oxygen atoms in total. The smallest absolute Gasteiger partial charge is 0.241 e. The number of sulfonamides is 1. The van der Waals surface area contributed by atoms with Gasteiger partial charge >= 0.3 is 0 Å². The topological polar surface area (TPSA) is 97.1 Å². The summed E-state index contributed by atoms with van der Waals surface area (Å²) < 4.78 is 25.2. The Kier molecular flexibility index (Phi) is 4.07. The second-order valence-corrected chi connectivity index (χ2v) is 6.19.